The van der Waals surface area contributed by atoms with Crippen molar-refractivity contribution in [1.82, 2.24) is 15.4 Å². The quantitative estimate of drug-likeness (QED) is 0.0901. The van der Waals surface area contributed by atoms with Gasteiger partial charge < -0.3 is 13.9 Å². The number of amides is 1. The van der Waals surface area contributed by atoms with Crippen LogP contribution in [-0.4, -0.2) is 38.5 Å². The Morgan fingerprint density at radius 2 is 1.23 bits per heavy atom. The molecule has 2 atom stereocenters. The number of hydroxylamine groups is 1. The average molecular weight is 720 g/mol. The lowest BCUT2D eigenvalue weighted by Gasteiger charge is -2.22. The van der Waals surface area contributed by atoms with Crippen LogP contribution in [0.15, 0.2) is 51.7 Å². The number of Topliss-reactive ketones (excluding diaryl/α,β-unsaturated/α-hetero) is 2. The molecule has 0 saturated heterocycles. The van der Waals surface area contributed by atoms with Gasteiger partial charge in [0.2, 0.25) is 5.91 Å². The van der Waals surface area contributed by atoms with Gasteiger partial charge in [0.05, 0.1) is 13.0 Å². The van der Waals surface area contributed by atoms with Gasteiger partial charge in [0, 0.05) is 32.1 Å². The van der Waals surface area contributed by atoms with E-state index >= 15 is 0 Å². The van der Waals surface area contributed by atoms with Crippen LogP contribution in [0.25, 0.3) is 0 Å². The van der Waals surface area contributed by atoms with Crippen molar-refractivity contribution in [2.45, 2.75) is 148 Å². The summed E-state index contributed by atoms with van der Waals surface area (Å²) in [6.07, 6.45) is 22.1. The lowest BCUT2D eigenvalue weighted by atomic mass is 9.84. The molecule has 2 saturated carbocycles. The number of hydrogen-bond donors (Lipinski definition) is 2. The van der Waals surface area contributed by atoms with Gasteiger partial charge in [0.25, 0.3) is 0 Å². The molecule has 284 valence electrons. The van der Waals surface area contributed by atoms with Crippen molar-refractivity contribution in [2.75, 3.05) is 0 Å². The number of benzene rings is 1. The molecule has 5 rings (SSSR count). The fraction of sp³-hybridized carbons (Fsp3) is 0.610. The highest BCUT2D eigenvalue weighted by Gasteiger charge is 2.24. The SMILES string of the molecule is CC(=O)c1coc([C@H](CCCC2CCCCC2)CC(=O)NOCc2ccccc2)n1.CC(=O)c1coc([C@H](CCCC2CCCCC2)CC(=O)O)n1. The molecule has 1 amide bonds. The first-order valence-corrected chi connectivity index (χ1v) is 19.3. The monoisotopic (exact) mass is 719 g/mol. The molecule has 11 heteroatoms. The summed E-state index contributed by atoms with van der Waals surface area (Å²) in [6, 6.07) is 9.67. The zero-order chi connectivity index (χ0) is 37.1. The Morgan fingerprint density at radius 1 is 0.750 bits per heavy atom. The molecule has 1 aromatic carbocycles. The Kier molecular flexibility index (Phi) is 17.2. The zero-order valence-corrected chi connectivity index (χ0v) is 31.0. The van der Waals surface area contributed by atoms with E-state index in [0.29, 0.717) is 24.1 Å². The molecule has 2 aromatic heterocycles. The van der Waals surface area contributed by atoms with Crippen molar-refractivity contribution in [3.63, 3.8) is 0 Å². The number of nitrogens with one attached hydrogen (secondary N) is 1. The van der Waals surface area contributed by atoms with E-state index < -0.39 is 5.97 Å². The number of ketones is 2. The summed E-state index contributed by atoms with van der Waals surface area (Å²) >= 11 is 0. The minimum Gasteiger partial charge on any atom is -0.481 e. The lowest BCUT2D eigenvalue weighted by Crippen LogP contribution is -2.25. The molecule has 52 heavy (non-hydrogen) atoms. The van der Waals surface area contributed by atoms with E-state index in [1.807, 2.05) is 30.3 Å². The normalized spacial score (nSPS) is 16.3. The Hall–Kier alpha value is -4.12. The molecule has 2 heterocycles. The van der Waals surface area contributed by atoms with Gasteiger partial charge in [-0.25, -0.2) is 15.4 Å². The van der Waals surface area contributed by atoms with Crippen LogP contribution in [0.3, 0.4) is 0 Å². The molecule has 0 bridgehead atoms. The van der Waals surface area contributed by atoms with E-state index in [-0.39, 0.29) is 47.8 Å². The molecular weight excluding hydrogens is 662 g/mol. The number of carboxylic acid groups (broad SMARTS) is 1. The molecule has 2 aliphatic carbocycles. The van der Waals surface area contributed by atoms with Gasteiger partial charge in [-0.05, 0) is 30.2 Å². The summed E-state index contributed by atoms with van der Waals surface area (Å²) in [5, 5.41) is 9.07. The van der Waals surface area contributed by atoms with Crippen LogP contribution in [0.5, 0.6) is 0 Å². The summed E-state index contributed by atoms with van der Waals surface area (Å²) in [5.74, 6) is 0.653. The third-order valence-corrected chi connectivity index (χ3v) is 10.4. The summed E-state index contributed by atoms with van der Waals surface area (Å²) in [6.45, 7) is 3.20. The van der Waals surface area contributed by atoms with Gasteiger partial charge in [-0.15, -0.1) is 0 Å². The second-order valence-corrected chi connectivity index (χ2v) is 14.6. The van der Waals surface area contributed by atoms with Gasteiger partial charge >= 0.3 is 5.97 Å². The number of aromatic nitrogens is 2. The zero-order valence-electron chi connectivity index (χ0n) is 31.0. The van der Waals surface area contributed by atoms with Gasteiger partial charge in [-0.2, -0.15) is 0 Å². The Balaban J connectivity index is 0.000000244. The Labute approximate surface area is 307 Å². The number of carbonyl (C=O) groups is 4. The van der Waals surface area contributed by atoms with Gasteiger partial charge in [0.15, 0.2) is 23.3 Å². The van der Waals surface area contributed by atoms with Gasteiger partial charge in [-0.3, -0.25) is 24.0 Å². The number of nitrogens with zero attached hydrogens (tertiary/aromatic N) is 2. The molecule has 0 radical (unpaired) electrons. The van der Waals surface area contributed by atoms with Crippen LogP contribution < -0.4 is 5.48 Å². The van der Waals surface area contributed by atoms with E-state index in [0.717, 1.165) is 49.5 Å². The average Bonchev–Trinajstić information content (AvgIpc) is 3.84. The van der Waals surface area contributed by atoms with E-state index in [1.165, 1.54) is 97.0 Å². The Morgan fingerprint density at radius 3 is 1.67 bits per heavy atom. The lowest BCUT2D eigenvalue weighted by molar-refractivity contribution is -0.137. The number of oxazole rings is 2. The molecule has 3 aromatic rings. The van der Waals surface area contributed by atoms with Crippen LogP contribution in [0.4, 0.5) is 0 Å². The van der Waals surface area contributed by atoms with Crippen LogP contribution >= 0.6 is 0 Å². The van der Waals surface area contributed by atoms with E-state index in [2.05, 4.69) is 15.4 Å². The highest BCUT2D eigenvalue weighted by molar-refractivity contribution is 5.92. The maximum atomic E-state index is 12.5. The van der Waals surface area contributed by atoms with E-state index in [4.69, 9.17) is 18.8 Å². The molecule has 2 aliphatic rings. The first kappa shape index (κ1) is 40.6. The van der Waals surface area contributed by atoms with Crippen LogP contribution in [0.1, 0.15) is 180 Å². The number of aliphatic carboxylic acids is 1. The largest absolute Gasteiger partial charge is 0.481 e. The molecule has 11 nitrogen and oxygen atoms in total. The van der Waals surface area contributed by atoms with Crippen molar-refractivity contribution in [3.8, 4) is 0 Å². The highest BCUT2D eigenvalue weighted by Crippen LogP contribution is 2.33. The van der Waals surface area contributed by atoms with Crippen molar-refractivity contribution in [2.24, 2.45) is 11.8 Å². The fourth-order valence-electron chi connectivity index (χ4n) is 7.41. The minimum absolute atomic E-state index is 0.00250. The molecule has 2 fully saturated rings. The molecule has 0 aliphatic heterocycles. The third kappa shape index (κ3) is 14.5. The van der Waals surface area contributed by atoms with Gasteiger partial charge in [-0.1, -0.05) is 120 Å². The molecule has 0 unspecified atom stereocenters. The van der Waals surface area contributed by atoms with Crippen molar-refractivity contribution in [1.29, 1.82) is 0 Å². The first-order valence-electron chi connectivity index (χ1n) is 19.3. The molecule has 2 N–H and O–H groups in total. The number of hydrogen-bond acceptors (Lipinski definition) is 9. The second-order valence-electron chi connectivity index (χ2n) is 14.6. The smallest absolute Gasteiger partial charge is 0.304 e. The fourth-order valence-corrected chi connectivity index (χ4v) is 7.41. The topological polar surface area (TPSA) is 162 Å². The van der Waals surface area contributed by atoms with Crippen molar-refractivity contribution >= 4 is 23.4 Å². The van der Waals surface area contributed by atoms with E-state index in [1.54, 1.807) is 0 Å². The van der Waals surface area contributed by atoms with Crippen LogP contribution in [0.2, 0.25) is 0 Å². The number of rotatable bonds is 19. The van der Waals surface area contributed by atoms with Crippen LogP contribution in [0, 0.1) is 11.8 Å². The molecule has 0 spiro atoms. The summed E-state index contributed by atoms with van der Waals surface area (Å²) in [5.41, 5.74) is 4.10. The first-order chi connectivity index (χ1) is 25.2. The predicted molar refractivity (Wildman–Crippen MR) is 196 cm³/mol. The Bertz CT molecular complexity index is 1520. The summed E-state index contributed by atoms with van der Waals surface area (Å²) < 4.78 is 10.9. The number of carboxylic acids is 1. The maximum Gasteiger partial charge on any atom is 0.304 e. The molecular formula is C41H57N3O8. The minimum atomic E-state index is -0.856. The van der Waals surface area contributed by atoms with Crippen molar-refractivity contribution in [3.05, 3.63) is 71.6 Å². The second kappa shape index (κ2) is 22.1. The van der Waals surface area contributed by atoms with Crippen molar-refractivity contribution < 1.29 is 38.0 Å². The standard InChI is InChI=1S/C24H32N2O4.C17H25NO4/c1-18(27)22-17-29-24(25-22)21(14-8-13-19-9-4-2-5-10-19)15-23(28)26-30-16-20-11-6-3-7-12-20;1-12(19)15-11-22-17(18-15)14(10-16(20)21)9-5-8-13-6-3-2-4-7-13/h3,6-7,11-12,17,19,21H,2,4-5,8-10,13-16H2,1H3,(H,26,28);11,13-14H,2-10H2,1H3,(H,20,21)/t21-;14-/m11/s1. The van der Waals surface area contributed by atoms with E-state index in [9.17, 15) is 19.2 Å². The predicted octanol–water partition coefficient (Wildman–Crippen LogP) is 9.54. The third-order valence-electron chi connectivity index (χ3n) is 10.4. The summed E-state index contributed by atoms with van der Waals surface area (Å²) in [4.78, 5) is 60.2. The summed E-state index contributed by atoms with van der Waals surface area (Å²) in [7, 11) is 0. The van der Waals surface area contributed by atoms with Gasteiger partial charge in [0.1, 0.15) is 23.9 Å². The van der Waals surface area contributed by atoms with Crippen LogP contribution in [-0.2, 0) is 21.0 Å². The number of carbonyl (C=O) groups excluding carboxylic acids is 3. The maximum absolute atomic E-state index is 12.5. The highest BCUT2D eigenvalue weighted by atomic mass is 16.6.